The van der Waals surface area contributed by atoms with Crippen LogP contribution in [0.25, 0.3) is 5.52 Å². The Balaban J connectivity index is 2.10. The van der Waals surface area contributed by atoms with Gasteiger partial charge >= 0.3 is 0 Å². The van der Waals surface area contributed by atoms with Gasteiger partial charge in [0, 0.05) is 29.7 Å². The Bertz CT molecular complexity index is 473. The Labute approximate surface area is 90.2 Å². The third-order valence-corrected chi connectivity index (χ3v) is 3.11. The summed E-state index contributed by atoms with van der Waals surface area (Å²) in [6.45, 7) is 2.12. The summed E-state index contributed by atoms with van der Waals surface area (Å²) in [7, 11) is 0. The van der Waals surface area contributed by atoms with Crippen LogP contribution in [0.5, 0.6) is 0 Å². The topological polar surface area (TPSA) is 29.3 Å². The number of rotatable bonds is 1. The first-order chi connectivity index (χ1) is 6.83. The molecule has 4 heteroatoms. The van der Waals surface area contributed by atoms with Gasteiger partial charge in [-0.2, -0.15) is 5.10 Å². The van der Waals surface area contributed by atoms with Crippen molar-refractivity contribution in [2.45, 2.75) is 5.92 Å². The van der Waals surface area contributed by atoms with E-state index in [2.05, 4.69) is 38.5 Å². The molecule has 0 aliphatic carbocycles. The van der Waals surface area contributed by atoms with E-state index >= 15 is 0 Å². The normalized spacial score (nSPS) is 17.2. The highest BCUT2D eigenvalue weighted by atomic mass is 79.9. The molecular weight excluding hydrogens is 242 g/mol. The molecular formula is C10H10BrN3. The van der Waals surface area contributed by atoms with E-state index in [0.29, 0.717) is 5.92 Å². The summed E-state index contributed by atoms with van der Waals surface area (Å²) in [5.74, 6) is 0.605. The number of nitrogens with one attached hydrogen (secondary N) is 1. The Morgan fingerprint density at radius 1 is 1.43 bits per heavy atom. The maximum absolute atomic E-state index is 4.54. The quantitative estimate of drug-likeness (QED) is 0.838. The summed E-state index contributed by atoms with van der Waals surface area (Å²) in [6.07, 6.45) is 1.99. The molecule has 2 aromatic heterocycles. The summed E-state index contributed by atoms with van der Waals surface area (Å²) < 4.78 is 2.99. The van der Waals surface area contributed by atoms with Crippen molar-refractivity contribution in [1.29, 1.82) is 0 Å². The molecule has 0 saturated carbocycles. The van der Waals surface area contributed by atoms with Crippen LogP contribution in [0, 0.1) is 0 Å². The van der Waals surface area contributed by atoms with Gasteiger partial charge < -0.3 is 5.32 Å². The fourth-order valence-corrected chi connectivity index (χ4v) is 2.00. The van der Waals surface area contributed by atoms with Crippen molar-refractivity contribution >= 4 is 21.4 Å². The van der Waals surface area contributed by atoms with Crippen molar-refractivity contribution < 1.29 is 0 Å². The molecule has 1 aliphatic heterocycles. The third kappa shape index (κ3) is 1.26. The second-order valence-corrected chi connectivity index (χ2v) is 4.56. The first-order valence-corrected chi connectivity index (χ1v) is 5.48. The Kier molecular flexibility index (Phi) is 1.85. The zero-order valence-corrected chi connectivity index (χ0v) is 9.16. The van der Waals surface area contributed by atoms with Crippen molar-refractivity contribution in [3.63, 3.8) is 0 Å². The number of aromatic nitrogens is 2. The molecule has 3 heterocycles. The van der Waals surface area contributed by atoms with E-state index in [-0.39, 0.29) is 0 Å². The molecule has 1 saturated heterocycles. The SMILES string of the molecule is Brc1ccc2cc(C3CNC3)nn2c1. The highest BCUT2D eigenvalue weighted by molar-refractivity contribution is 9.10. The molecule has 0 radical (unpaired) electrons. The predicted molar refractivity (Wildman–Crippen MR) is 58.5 cm³/mol. The second kappa shape index (κ2) is 3.07. The molecule has 1 aliphatic rings. The zero-order chi connectivity index (χ0) is 9.54. The molecule has 14 heavy (non-hydrogen) atoms. The largest absolute Gasteiger partial charge is 0.315 e. The average molecular weight is 252 g/mol. The van der Waals surface area contributed by atoms with Crippen molar-refractivity contribution in [1.82, 2.24) is 14.9 Å². The molecule has 3 nitrogen and oxygen atoms in total. The maximum Gasteiger partial charge on any atom is 0.0691 e. The van der Waals surface area contributed by atoms with Gasteiger partial charge in [-0.05, 0) is 34.1 Å². The van der Waals surface area contributed by atoms with E-state index in [1.54, 1.807) is 0 Å². The van der Waals surface area contributed by atoms with Crippen LogP contribution in [0.3, 0.4) is 0 Å². The van der Waals surface area contributed by atoms with Crippen LogP contribution in [0.15, 0.2) is 28.9 Å². The summed E-state index contributed by atoms with van der Waals surface area (Å²) in [6, 6.07) is 6.28. The maximum atomic E-state index is 4.54. The van der Waals surface area contributed by atoms with Gasteiger partial charge in [0.05, 0.1) is 11.2 Å². The predicted octanol–water partition coefficient (Wildman–Crippen LogP) is 1.78. The molecule has 1 fully saturated rings. The van der Waals surface area contributed by atoms with Gasteiger partial charge in [0.2, 0.25) is 0 Å². The van der Waals surface area contributed by atoms with Gasteiger partial charge in [-0.3, -0.25) is 0 Å². The number of hydrogen-bond donors (Lipinski definition) is 1. The van der Waals surface area contributed by atoms with Crippen molar-refractivity contribution in [3.05, 3.63) is 34.6 Å². The van der Waals surface area contributed by atoms with E-state index in [4.69, 9.17) is 0 Å². The highest BCUT2D eigenvalue weighted by Gasteiger charge is 2.21. The van der Waals surface area contributed by atoms with Gasteiger partial charge in [0.15, 0.2) is 0 Å². The molecule has 3 rings (SSSR count). The lowest BCUT2D eigenvalue weighted by Gasteiger charge is -2.24. The summed E-state index contributed by atoms with van der Waals surface area (Å²) in [4.78, 5) is 0. The van der Waals surface area contributed by atoms with Crippen LogP contribution >= 0.6 is 15.9 Å². The summed E-state index contributed by atoms with van der Waals surface area (Å²) in [5.41, 5.74) is 2.36. The van der Waals surface area contributed by atoms with Crippen molar-refractivity contribution in [2.75, 3.05) is 13.1 Å². The number of fused-ring (bicyclic) bond motifs is 1. The minimum Gasteiger partial charge on any atom is -0.315 e. The van der Waals surface area contributed by atoms with Crippen LogP contribution in [0.2, 0.25) is 0 Å². The average Bonchev–Trinajstić information content (AvgIpc) is 2.43. The Morgan fingerprint density at radius 2 is 2.29 bits per heavy atom. The smallest absolute Gasteiger partial charge is 0.0691 e. The molecule has 2 aromatic rings. The minimum absolute atomic E-state index is 0.605. The van der Waals surface area contributed by atoms with Gasteiger partial charge in [-0.25, -0.2) is 4.52 Å². The monoisotopic (exact) mass is 251 g/mol. The van der Waals surface area contributed by atoms with Gasteiger partial charge in [-0.1, -0.05) is 0 Å². The molecule has 0 spiro atoms. The number of hydrogen-bond acceptors (Lipinski definition) is 2. The summed E-state index contributed by atoms with van der Waals surface area (Å²) in [5, 5.41) is 7.80. The Morgan fingerprint density at radius 3 is 3.00 bits per heavy atom. The van der Waals surface area contributed by atoms with Crippen LogP contribution < -0.4 is 5.32 Å². The van der Waals surface area contributed by atoms with Crippen LogP contribution in [0.1, 0.15) is 11.6 Å². The van der Waals surface area contributed by atoms with Gasteiger partial charge in [0.1, 0.15) is 0 Å². The van der Waals surface area contributed by atoms with E-state index < -0.39 is 0 Å². The number of pyridine rings is 1. The van der Waals surface area contributed by atoms with E-state index in [1.165, 1.54) is 5.69 Å². The lowest BCUT2D eigenvalue weighted by molar-refractivity contribution is 0.438. The van der Waals surface area contributed by atoms with Crippen LogP contribution in [-0.4, -0.2) is 22.7 Å². The molecule has 0 atom stereocenters. The van der Waals surface area contributed by atoms with E-state index in [0.717, 1.165) is 23.1 Å². The minimum atomic E-state index is 0.605. The molecule has 1 N–H and O–H groups in total. The fraction of sp³-hybridized carbons (Fsp3) is 0.300. The fourth-order valence-electron chi connectivity index (χ4n) is 1.68. The number of halogens is 1. The van der Waals surface area contributed by atoms with Crippen molar-refractivity contribution in [3.8, 4) is 0 Å². The second-order valence-electron chi connectivity index (χ2n) is 3.64. The zero-order valence-electron chi connectivity index (χ0n) is 7.57. The standard InChI is InChI=1S/C10H10BrN3/c11-8-1-2-9-3-10(7-4-12-5-7)13-14(9)6-8/h1-3,6-7,12H,4-5H2. The van der Waals surface area contributed by atoms with Crippen LogP contribution in [0.4, 0.5) is 0 Å². The van der Waals surface area contributed by atoms with Gasteiger partial charge in [-0.15, -0.1) is 0 Å². The first-order valence-electron chi connectivity index (χ1n) is 4.68. The van der Waals surface area contributed by atoms with Gasteiger partial charge in [0.25, 0.3) is 0 Å². The summed E-state index contributed by atoms with van der Waals surface area (Å²) >= 11 is 3.44. The van der Waals surface area contributed by atoms with E-state index in [9.17, 15) is 0 Å². The van der Waals surface area contributed by atoms with E-state index in [1.807, 2.05) is 16.8 Å². The molecule has 0 unspecified atom stereocenters. The lowest BCUT2D eigenvalue weighted by Crippen LogP contribution is -2.40. The molecule has 0 bridgehead atoms. The first kappa shape index (κ1) is 8.44. The highest BCUT2D eigenvalue weighted by Crippen LogP contribution is 2.21. The lowest BCUT2D eigenvalue weighted by atomic mass is 10.00. The third-order valence-electron chi connectivity index (χ3n) is 2.64. The molecule has 72 valence electrons. The van der Waals surface area contributed by atoms with Crippen LogP contribution in [-0.2, 0) is 0 Å². The molecule has 0 amide bonds. The Hall–Kier alpha value is -0.870. The molecule has 0 aromatic carbocycles. The number of nitrogens with zero attached hydrogens (tertiary/aromatic N) is 2. The van der Waals surface area contributed by atoms with Crippen molar-refractivity contribution in [2.24, 2.45) is 0 Å².